The summed E-state index contributed by atoms with van der Waals surface area (Å²) in [6.45, 7) is 10.5. The van der Waals surface area contributed by atoms with E-state index in [-0.39, 0.29) is 0 Å². The summed E-state index contributed by atoms with van der Waals surface area (Å²) >= 11 is 5.70. The second-order valence-electron chi connectivity index (χ2n) is 3.57. The molecule has 1 rings (SSSR count). The van der Waals surface area contributed by atoms with Crippen LogP contribution in [0.3, 0.4) is 0 Å². The Kier molecular flexibility index (Phi) is 6.52. The molecule has 0 spiro atoms. The van der Waals surface area contributed by atoms with Gasteiger partial charge in [-0.3, -0.25) is 9.80 Å². The van der Waals surface area contributed by atoms with Crippen molar-refractivity contribution in [3.63, 3.8) is 0 Å². The summed E-state index contributed by atoms with van der Waals surface area (Å²) in [7, 11) is 0. The van der Waals surface area contributed by atoms with Crippen LogP contribution in [0.5, 0.6) is 0 Å². The Morgan fingerprint density at radius 3 is 2.14 bits per heavy atom. The molecule has 3 nitrogen and oxygen atoms in total. The zero-order chi connectivity index (χ0) is 10.2. The van der Waals surface area contributed by atoms with Crippen LogP contribution in [0.4, 0.5) is 0 Å². The lowest BCUT2D eigenvalue weighted by molar-refractivity contribution is 0.0828. The molecule has 1 heterocycles. The van der Waals surface area contributed by atoms with Gasteiger partial charge >= 0.3 is 0 Å². The molecule has 1 aliphatic rings. The van der Waals surface area contributed by atoms with Crippen LogP contribution in [0.25, 0.3) is 0 Å². The van der Waals surface area contributed by atoms with Crippen molar-refractivity contribution in [2.45, 2.75) is 6.92 Å². The van der Waals surface area contributed by atoms with Gasteiger partial charge in [0.05, 0.1) is 6.61 Å². The number of hydrogen-bond acceptors (Lipinski definition) is 3. The average Bonchev–Trinajstić information content (AvgIpc) is 2.21. The molecule has 0 aromatic rings. The van der Waals surface area contributed by atoms with Gasteiger partial charge in [0.15, 0.2) is 0 Å². The smallest absolute Gasteiger partial charge is 0.0593 e. The lowest BCUT2D eigenvalue weighted by atomic mass is 10.3. The number of piperazine rings is 1. The highest BCUT2D eigenvalue weighted by atomic mass is 35.5. The third-order valence-electron chi connectivity index (χ3n) is 2.62. The van der Waals surface area contributed by atoms with Crippen molar-refractivity contribution in [1.29, 1.82) is 0 Å². The fourth-order valence-electron chi connectivity index (χ4n) is 1.69. The van der Waals surface area contributed by atoms with Crippen LogP contribution >= 0.6 is 11.6 Å². The predicted octanol–water partition coefficient (Wildman–Crippen LogP) is 0.879. The number of nitrogens with zero attached hydrogens (tertiary/aromatic N) is 2. The molecule has 0 N–H and O–H groups in total. The Labute approximate surface area is 92.0 Å². The molecule has 0 amide bonds. The highest BCUT2D eigenvalue weighted by molar-refractivity contribution is 6.18. The molecule has 0 bridgehead atoms. The summed E-state index contributed by atoms with van der Waals surface area (Å²) < 4.78 is 5.33. The molecule has 0 aromatic heterocycles. The van der Waals surface area contributed by atoms with Gasteiger partial charge in [-0.2, -0.15) is 0 Å². The quantitative estimate of drug-likeness (QED) is 0.488. The molecule has 1 saturated heterocycles. The largest absolute Gasteiger partial charge is 0.380 e. The first kappa shape index (κ1) is 12.2. The fourth-order valence-corrected chi connectivity index (χ4v) is 1.93. The normalized spacial score (nSPS) is 20.1. The Morgan fingerprint density at radius 1 is 1.07 bits per heavy atom. The number of alkyl halides is 1. The third kappa shape index (κ3) is 4.60. The molecule has 0 saturated carbocycles. The van der Waals surface area contributed by atoms with Gasteiger partial charge in [-0.1, -0.05) is 0 Å². The van der Waals surface area contributed by atoms with Crippen LogP contribution in [0.2, 0.25) is 0 Å². The maximum absolute atomic E-state index is 5.70. The summed E-state index contributed by atoms with van der Waals surface area (Å²) in [5, 5.41) is 0. The lowest BCUT2D eigenvalue weighted by Gasteiger charge is -2.34. The summed E-state index contributed by atoms with van der Waals surface area (Å²) in [4.78, 5) is 4.88. The first-order chi connectivity index (χ1) is 6.86. The van der Waals surface area contributed by atoms with Crippen molar-refractivity contribution in [3.8, 4) is 0 Å². The molecule has 1 aliphatic heterocycles. The molecule has 14 heavy (non-hydrogen) atoms. The van der Waals surface area contributed by atoms with Crippen molar-refractivity contribution < 1.29 is 4.74 Å². The van der Waals surface area contributed by atoms with E-state index >= 15 is 0 Å². The zero-order valence-corrected chi connectivity index (χ0v) is 9.80. The number of ether oxygens (including phenoxy) is 1. The second-order valence-corrected chi connectivity index (χ2v) is 3.95. The van der Waals surface area contributed by atoms with E-state index in [4.69, 9.17) is 16.3 Å². The monoisotopic (exact) mass is 220 g/mol. The first-order valence-electron chi connectivity index (χ1n) is 5.45. The SMILES string of the molecule is CCOCCN1CCN(CCCl)CC1. The third-order valence-corrected chi connectivity index (χ3v) is 2.79. The lowest BCUT2D eigenvalue weighted by Crippen LogP contribution is -2.47. The minimum absolute atomic E-state index is 0.749. The molecule has 0 atom stereocenters. The standard InChI is InChI=1S/C10H21ClN2O/c1-2-14-10-9-13-7-5-12(4-3-11)6-8-13/h2-10H2,1H3. The zero-order valence-electron chi connectivity index (χ0n) is 9.04. The number of halogens is 1. The van der Waals surface area contributed by atoms with E-state index < -0.39 is 0 Å². The van der Waals surface area contributed by atoms with Gasteiger partial charge in [0.1, 0.15) is 0 Å². The van der Waals surface area contributed by atoms with Crippen molar-refractivity contribution >= 4 is 11.6 Å². The predicted molar refractivity (Wildman–Crippen MR) is 60.1 cm³/mol. The summed E-state index contributed by atoms with van der Waals surface area (Å²) in [5.41, 5.74) is 0. The molecule has 0 unspecified atom stereocenters. The van der Waals surface area contributed by atoms with Crippen LogP contribution in [-0.2, 0) is 4.74 Å². The van der Waals surface area contributed by atoms with E-state index in [0.29, 0.717) is 0 Å². The summed E-state index contributed by atoms with van der Waals surface area (Å²) in [6, 6.07) is 0. The van der Waals surface area contributed by atoms with Crippen LogP contribution in [0, 0.1) is 0 Å². The van der Waals surface area contributed by atoms with Gasteiger partial charge < -0.3 is 4.74 Å². The highest BCUT2D eigenvalue weighted by Crippen LogP contribution is 2.01. The Morgan fingerprint density at radius 2 is 1.64 bits per heavy atom. The van der Waals surface area contributed by atoms with Crippen LogP contribution in [-0.4, -0.2) is 68.2 Å². The molecule has 0 aromatic carbocycles. The molecule has 1 fully saturated rings. The van der Waals surface area contributed by atoms with Gasteiger partial charge in [0.25, 0.3) is 0 Å². The van der Waals surface area contributed by atoms with Crippen molar-refractivity contribution in [2.75, 3.05) is 58.4 Å². The highest BCUT2D eigenvalue weighted by Gasteiger charge is 2.15. The molecular formula is C10H21ClN2O. The van der Waals surface area contributed by atoms with Crippen LogP contribution < -0.4 is 0 Å². The van der Waals surface area contributed by atoms with E-state index in [1.807, 2.05) is 6.92 Å². The van der Waals surface area contributed by atoms with Gasteiger partial charge in [-0.05, 0) is 6.92 Å². The van der Waals surface area contributed by atoms with Crippen molar-refractivity contribution in [2.24, 2.45) is 0 Å². The van der Waals surface area contributed by atoms with E-state index in [0.717, 1.165) is 58.4 Å². The van der Waals surface area contributed by atoms with E-state index in [9.17, 15) is 0 Å². The molecule has 0 aliphatic carbocycles. The molecule has 84 valence electrons. The maximum atomic E-state index is 5.70. The minimum atomic E-state index is 0.749. The molecular weight excluding hydrogens is 200 g/mol. The molecule has 4 heteroatoms. The summed E-state index contributed by atoms with van der Waals surface area (Å²) in [5.74, 6) is 0.749. The van der Waals surface area contributed by atoms with E-state index in [1.54, 1.807) is 0 Å². The Balaban J connectivity index is 2.03. The van der Waals surface area contributed by atoms with Crippen molar-refractivity contribution in [1.82, 2.24) is 9.80 Å². The fraction of sp³-hybridized carbons (Fsp3) is 1.00. The van der Waals surface area contributed by atoms with E-state index in [1.165, 1.54) is 0 Å². The first-order valence-corrected chi connectivity index (χ1v) is 5.98. The maximum Gasteiger partial charge on any atom is 0.0593 e. The average molecular weight is 221 g/mol. The van der Waals surface area contributed by atoms with E-state index in [2.05, 4.69) is 9.80 Å². The van der Waals surface area contributed by atoms with Gasteiger partial charge in [-0.25, -0.2) is 0 Å². The number of rotatable bonds is 6. The topological polar surface area (TPSA) is 15.7 Å². The Bertz CT molecular complexity index is 138. The van der Waals surface area contributed by atoms with Crippen LogP contribution in [0.1, 0.15) is 6.92 Å². The van der Waals surface area contributed by atoms with Gasteiger partial charge in [-0.15, -0.1) is 11.6 Å². The Hall–Kier alpha value is 0.170. The number of hydrogen-bond donors (Lipinski definition) is 0. The summed E-state index contributed by atoms with van der Waals surface area (Å²) in [6.07, 6.45) is 0. The minimum Gasteiger partial charge on any atom is -0.380 e. The van der Waals surface area contributed by atoms with Crippen LogP contribution in [0.15, 0.2) is 0 Å². The molecule has 0 radical (unpaired) electrons. The second kappa shape index (κ2) is 7.46. The van der Waals surface area contributed by atoms with Crippen molar-refractivity contribution in [3.05, 3.63) is 0 Å². The van der Waals surface area contributed by atoms with Gasteiger partial charge in [0.2, 0.25) is 0 Å². The van der Waals surface area contributed by atoms with Gasteiger partial charge in [0, 0.05) is 51.8 Å².